The van der Waals surface area contributed by atoms with Crippen LogP contribution in [0.25, 0.3) is 11.4 Å². The van der Waals surface area contributed by atoms with Crippen molar-refractivity contribution in [2.24, 2.45) is 0 Å². The van der Waals surface area contributed by atoms with Crippen molar-refractivity contribution in [2.75, 3.05) is 64.3 Å². The minimum Gasteiger partial charge on any atom is -0.379 e. The predicted octanol–water partition coefficient (Wildman–Crippen LogP) is 4.57. The number of likely N-dealkylation sites (tertiary alicyclic amines) is 1. The van der Waals surface area contributed by atoms with Gasteiger partial charge in [0.15, 0.2) is 5.82 Å². The molecule has 0 bridgehead atoms. The summed E-state index contributed by atoms with van der Waals surface area (Å²) in [5.41, 5.74) is 4.94. The molecule has 40 heavy (non-hydrogen) atoms. The molecule has 2 fully saturated rings. The summed E-state index contributed by atoms with van der Waals surface area (Å²) >= 11 is 0. The molecule has 0 unspecified atom stereocenters. The molecule has 1 N–H and O–H groups in total. The van der Waals surface area contributed by atoms with Gasteiger partial charge in [-0.25, -0.2) is 14.4 Å². The highest BCUT2D eigenvalue weighted by molar-refractivity contribution is 5.61. The molecule has 3 aliphatic heterocycles. The fourth-order valence-corrected chi connectivity index (χ4v) is 6.08. The number of aromatic nitrogens is 2. The quantitative estimate of drug-likeness (QED) is 0.375. The van der Waals surface area contributed by atoms with E-state index in [2.05, 4.69) is 50.3 Å². The summed E-state index contributed by atoms with van der Waals surface area (Å²) < 4.78 is 20.9. The van der Waals surface area contributed by atoms with Crippen molar-refractivity contribution in [3.8, 4) is 11.4 Å². The molecule has 0 saturated carbocycles. The van der Waals surface area contributed by atoms with Crippen LogP contribution in [0.5, 0.6) is 0 Å². The van der Waals surface area contributed by atoms with Crippen molar-refractivity contribution in [2.45, 2.75) is 45.3 Å². The first-order valence-corrected chi connectivity index (χ1v) is 14.9. The van der Waals surface area contributed by atoms with E-state index in [9.17, 15) is 0 Å². The Bertz CT molecular complexity index is 1260. The van der Waals surface area contributed by atoms with Gasteiger partial charge in [-0.3, -0.25) is 9.80 Å². The van der Waals surface area contributed by atoms with Gasteiger partial charge in [-0.15, -0.1) is 0 Å². The van der Waals surface area contributed by atoms with E-state index in [1.807, 2.05) is 12.1 Å². The topological polar surface area (TPSA) is 56.8 Å². The van der Waals surface area contributed by atoms with Gasteiger partial charge in [0, 0.05) is 57.8 Å². The number of fused-ring (bicyclic) bond motifs is 1. The van der Waals surface area contributed by atoms with Gasteiger partial charge in [0.1, 0.15) is 11.6 Å². The van der Waals surface area contributed by atoms with Gasteiger partial charge < -0.3 is 15.0 Å². The molecular weight excluding hydrogens is 503 g/mol. The Hall–Kier alpha value is -2.91. The van der Waals surface area contributed by atoms with Crippen LogP contribution < -0.4 is 5.32 Å². The van der Waals surface area contributed by atoms with Crippen LogP contribution in [-0.4, -0.2) is 83.7 Å². The van der Waals surface area contributed by atoms with E-state index in [1.54, 1.807) is 6.07 Å². The van der Waals surface area contributed by atoms with Gasteiger partial charge in [-0.1, -0.05) is 36.4 Å². The van der Waals surface area contributed by atoms with Gasteiger partial charge in [0.25, 0.3) is 0 Å². The number of halogens is 1. The van der Waals surface area contributed by atoms with Gasteiger partial charge in [0.05, 0.1) is 24.5 Å². The summed E-state index contributed by atoms with van der Waals surface area (Å²) in [6.45, 7) is 10.9. The fourth-order valence-electron chi connectivity index (χ4n) is 6.08. The summed E-state index contributed by atoms with van der Waals surface area (Å²) in [6.07, 6.45) is 4.51. The molecule has 4 heterocycles. The minimum atomic E-state index is -0.257. The van der Waals surface area contributed by atoms with Gasteiger partial charge in [-0.05, 0) is 62.2 Å². The van der Waals surface area contributed by atoms with Crippen molar-refractivity contribution in [3.63, 3.8) is 0 Å². The van der Waals surface area contributed by atoms with Crippen LogP contribution in [0, 0.1) is 5.82 Å². The van der Waals surface area contributed by atoms with Crippen molar-refractivity contribution >= 4 is 5.82 Å². The Morgan fingerprint density at radius 3 is 2.42 bits per heavy atom. The Labute approximate surface area is 237 Å². The summed E-state index contributed by atoms with van der Waals surface area (Å²) in [4.78, 5) is 17.2. The van der Waals surface area contributed by atoms with E-state index in [-0.39, 0.29) is 5.82 Å². The third kappa shape index (κ3) is 6.86. The summed E-state index contributed by atoms with van der Waals surface area (Å²) in [5, 5.41) is 3.63. The molecule has 3 aliphatic rings. The Morgan fingerprint density at radius 2 is 1.62 bits per heavy atom. The van der Waals surface area contributed by atoms with Crippen LogP contribution in [-0.2, 0) is 30.8 Å². The molecule has 7 nitrogen and oxygen atoms in total. The van der Waals surface area contributed by atoms with Crippen molar-refractivity contribution in [3.05, 3.63) is 76.7 Å². The molecule has 0 aliphatic carbocycles. The first-order valence-electron chi connectivity index (χ1n) is 14.9. The second-order valence-electron chi connectivity index (χ2n) is 11.3. The minimum absolute atomic E-state index is 0.257. The van der Waals surface area contributed by atoms with E-state index in [1.165, 1.54) is 31.5 Å². The maximum atomic E-state index is 15.5. The van der Waals surface area contributed by atoms with Crippen LogP contribution in [0.1, 0.15) is 41.6 Å². The van der Waals surface area contributed by atoms with Crippen molar-refractivity contribution in [1.29, 1.82) is 0 Å². The van der Waals surface area contributed by atoms with E-state index in [4.69, 9.17) is 14.7 Å². The average molecular weight is 545 g/mol. The molecule has 0 amide bonds. The molecule has 3 aromatic rings. The number of anilines is 1. The Morgan fingerprint density at radius 1 is 0.825 bits per heavy atom. The van der Waals surface area contributed by atoms with E-state index in [0.717, 1.165) is 101 Å². The monoisotopic (exact) mass is 544 g/mol. The highest BCUT2D eigenvalue weighted by Crippen LogP contribution is 2.30. The zero-order chi connectivity index (χ0) is 27.1. The molecule has 6 rings (SSSR count). The normalized spacial score (nSPS) is 18.6. The first kappa shape index (κ1) is 27.3. The number of nitrogens with zero attached hydrogens (tertiary/aromatic N) is 5. The summed E-state index contributed by atoms with van der Waals surface area (Å²) in [6, 6.07) is 16.1. The maximum Gasteiger partial charge on any atom is 0.164 e. The van der Waals surface area contributed by atoms with Crippen molar-refractivity contribution < 1.29 is 9.13 Å². The summed E-state index contributed by atoms with van der Waals surface area (Å²) in [7, 11) is 0. The van der Waals surface area contributed by atoms with E-state index in [0.29, 0.717) is 11.4 Å². The van der Waals surface area contributed by atoms with E-state index < -0.39 is 0 Å². The smallest absolute Gasteiger partial charge is 0.164 e. The van der Waals surface area contributed by atoms with Crippen LogP contribution in [0.4, 0.5) is 10.2 Å². The van der Waals surface area contributed by atoms with Gasteiger partial charge >= 0.3 is 0 Å². The second-order valence-corrected chi connectivity index (χ2v) is 11.3. The zero-order valence-electron chi connectivity index (χ0n) is 23.5. The van der Waals surface area contributed by atoms with Crippen LogP contribution >= 0.6 is 0 Å². The Balaban J connectivity index is 1.21. The number of rotatable bonds is 10. The lowest BCUT2D eigenvalue weighted by Crippen LogP contribution is -2.35. The lowest BCUT2D eigenvalue weighted by Gasteiger charge is -2.30. The van der Waals surface area contributed by atoms with Gasteiger partial charge in [-0.2, -0.15) is 0 Å². The molecular formula is C32H41FN6O. The number of nitrogens with one attached hydrogen (secondary N) is 1. The third-order valence-electron chi connectivity index (χ3n) is 8.31. The fraction of sp³-hybridized carbons (Fsp3) is 0.500. The highest BCUT2D eigenvalue weighted by atomic mass is 19.1. The number of hydrogen-bond acceptors (Lipinski definition) is 7. The first-order chi connectivity index (χ1) is 19.7. The molecule has 0 spiro atoms. The molecule has 1 aromatic heterocycles. The van der Waals surface area contributed by atoms with Crippen molar-refractivity contribution in [1.82, 2.24) is 24.7 Å². The van der Waals surface area contributed by atoms with E-state index >= 15 is 4.39 Å². The molecule has 0 radical (unpaired) electrons. The molecule has 8 heteroatoms. The lowest BCUT2D eigenvalue weighted by atomic mass is 10.0. The Kier molecular flexibility index (Phi) is 8.98. The standard InChI is InChI=1S/C32H41FN6O/c33-29-21-26(23-38-17-19-40-20-18-38)9-10-27(29)32-35-30-11-16-39(22-25-7-2-1-3-8-25)24-28(30)31(36-32)34-12-6-15-37-13-4-5-14-37/h1-3,7-10,21H,4-6,11-20,22-24H2,(H,34,35,36). The number of hydrogen-bond donors (Lipinski definition) is 1. The summed E-state index contributed by atoms with van der Waals surface area (Å²) in [5.74, 6) is 1.08. The highest BCUT2D eigenvalue weighted by Gasteiger charge is 2.24. The second kappa shape index (κ2) is 13.2. The molecule has 2 aromatic carbocycles. The third-order valence-corrected chi connectivity index (χ3v) is 8.31. The number of morpholine rings is 1. The largest absolute Gasteiger partial charge is 0.379 e. The number of ether oxygens (including phenoxy) is 1. The average Bonchev–Trinajstić information content (AvgIpc) is 3.50. The van der Waals surface area contributed by atoms with Crippen LogP contribution in [0.15, 0.2) is 48.5 Å². The zero-order valence-corrected chi connectivity index (χ0v) is 23.5. The molecule has 0 atom stereocenters. The maximum absolute atomic E-state index is 15.5. The van der Waals surface area contributed by atoms with Crippen LogP contribution in [0.2, 0.25) is 0 Å². The van der Waals surface area contributed by atoms with Gasteiger partial charge in [0.2, 0.25) is 0 Å². The predicted molar refractivity (Wildman–Crippen MR) is 157 cm³/mol. The molecule has 212 valence electrons. The SMILES string of the molecule is Fc1cc(CN2CCOCC2)ccc1-c1nc2c(c(NCCCN3CCCC3)n1)CN(Cc1ccccc1)CC2. The number of benzene rings is 2. The van der Waals surface area contributed by atoms with Crippen LogP contribution in [0.3, 0.4) is 0 Å². The lowest BCUT2D eigenvalue weighted by molar-refractivity contribution is 0.0341. The molecule has 2 saturated heterocycles.